The Labute approximate surface area is 188 Å². The summed E-state index contributed by atoms with van der Waals surface area (Å²) in [7, 11) is 1.49. The van der Waals surface area contributed by atoms with Crippen LogP contribution in [0.5, 0.6) is 0 Å². The topological polar surface area (TPSA) is 72.8 Å². The minimum Gasteiger partial charge on any atom is -0.490 e. The van der Waals surface area contributed by atoms with Gasteiger partial charge in [-0.05, 0) is 30.9 Å². The minimum absolute atomic E-state index is 0.243. The number of carbonyl (C=O) groups excluding carboxylic acids is 1. The Morgan fingerprint density at radius 1 is 0.903 bits per heavy atom. The predicted molar refractivity (Wildman–Crippen MR) is 127 cm³/mol. The van der Waals surface area contributed by atoms with E-state index in [1.54, 1.807) is 12.2 Å². The van der Waals surface area contributed by atoms with Crippen molar-refractivity contribution in [1.29, 1.82) is 0 Å². The fraction of sp³-hybridized carbons (Fsp3) is 0.538. The molecule has 0 unspecified atom stereocenters. The third kappa shape index (κ3) is 18.0. The first-order valence-electron chi connectivity index (χ1n) is 11.4. The maximum atomic E-state index is 11.9. The van der Waals surface area contributed by atoms with Gasteiger partial charge in [-0.25, -0.2) is 9.59 Å². The number of carboxylic acids is 1. The molecule has 5 heteroatoms. The summed E-state index contributed by atoms with van der Waals surface area (Å²) in [5.74, 6) is -1.00. The van der Waals surface area contributed by atoms with Gasteiger partial charge in [-0.15, -0.1) is 0 Å². The van der Waals surface area contributed by atoms with Crippen molar-refractivity contribution < 1.29 is 24.2 Å². The Bertz CT molecular complexity index is 634. The zero-order chi connectivity index (χ0) is 23.2. The van der Waals surface area contributed by atoms with E-state index in [0.29, 0.717) is 6.61 Å². The molecular weight excluding hydrogens is 392 g/mol. The molecule has 1 rings (SSSR count). The lowest BCUT2D eigenvalue weighted by Crippen LogP contribution is -2.10. The van der Waals surface area contributed by atoms with Crippen LogP contribution in [0.25, 0.3) is 6.08 Å². The van der Waals surface area contributed by atoms with Crippen LogP contribution in [0, 0.1) is 0 Å². The molecule has 1 aromatic carbocycles. The largest absolute Gasteiger partial charge is 0.490 e. The van der Waals surface area contributed by atoms with Gasteiger partial charge in [0.1, 0.15) is 0 Å². The molecule has 0 radical (unpaired) electrons. The first kappa shape index (κ1) is 28.4. The van der Waals surface area contributed by atoms with Gasteiger partial charge in [-0.3, -0.25) is 0 Å². The monoisotopic (exact) mass is 432 g/mol. The highest BCUT2D eigenvalue weighted by atomic mass is 16.6. The van der Waals surface area contributed by atoms with Crippen molar-refractivity contribution in [1.82, 2.24) is 0 Å². The number of ether oxygens (including phenoxy) is 2. The maximum Gasteiger partial charge on any atom is 0.373 e. The van der Waals surface area contributed by atoms with E-state index in [4.69, 9.17) is 14.6 Å². The molecule has 0 aliphatic heterocycles. The van der Waals surface area contributed by atoms with E-state index >= 15 is 0 Å². The van der Waals surface area contributed by atoms with Gasteiger partial charge in [0.05, 0.1) is 13.7 Å². The number of carboxylic acid groups (broad SMARTS) is 1. The summed E-state index contributed by atoms with van der Waals surface area (Å²) >= 11 is 0. The highest BCUT2D eigenvalue weighted by Crippen LogP contribution is 2.10. The summed E-state index contributed by atoms with van der Waals surface area (Å²) in [4.78, 5) is 21.8. The van der Waals surface area contributed by atoms with Crippen LogP contribution in [0.4, 0.5) is 0 Å². The molecule has 1 N–H and O–H groups in total. The molecule has 0 heterocycles. The van der Waals surface area contributed by atoms with E-state index in [1.807, 2.05) is 30.3 Å². The molecule has 0 saturated heterocycles. The number of hydrogen-bond donors (Lipinski definition) is 1. The molecule has 31 heavy (non-hydrogen) atoms. The van der Waals surface area contributed by atoms with Gasteiger partial charge < -0.3 is 14.6 Å². The van der Waals surface area contributed by atoms with E-state index in [-0.39, 0.29) is 5.76 Å². The third-order valence-corrected chi connectivity index (χ3v) is 4.48. The van der Waals surface area contributed by atoms with Crippen molar-refractivity contribution in [3.8, 4) is 0 Å². The Balaban J connectivity index is 0.000000759. The third-order valence-electron chi connectivity index (χ3n) is 4.48. The van der Waals surface area contributed by atoms with Crippen molar-refractivity contribution in [2.75, 3.05) is 13.7 Å². The summed E-state index contributed by atoms with van der Waals surface area (Å²) in [6, 6.07) is 9.60. The Kier molecular flexibility index (Phi) is 19.0. The van der Waals surface area contributed by atoms with Gasteiger partial charge in [0, 0.05) is 6.08 Å². The average Bonchev–Trinajstić information content (AvgIpc) is 2.77. The van der Waals surface area contributed by atoms with E-state index in [2.05, 4.69) is 13.8 Å². The molecule has 0 bridgehead atoms. The lowest BCUT2D eigenvalue weighted by molar-refractivity contribution is -0.142. The van der Waals surface area contributed by atoms with E-state index < -0.39 is 11.9 Å². The molecule has 0 aliphatic rings. The Morgan fingerprint density at radius 2 is 1.52 bits per heavy atom. The highest BCUT2D eigenvalue weighted by Gasteiger charge is 2.11. The molecule has 0 aliphatic carbocycles. The van der Waals surface area contributed by atoms with Gasteiger partial charge in [0.25, 0.3) is 0 Å². The zero-order valence-electron chi connectivity index (χ0n) is 19.5. The van der Waals surface area contributed by atoms with Gasteiger partial charge in [0.15, 0.2) is 0 Å². The van der Waals surface area contributed by atoms with Gasteiger partial charge in [-0.1, -0.05) is 95.2 Å². The molecule has 1 aromatic rings. The summed E-state index contributed by atoms with van der Waals surface area (Å²) in [6.07, 6.45) is 16.0. The SMILES string of the molecule is CCCCCC=CC(=O)O.CCCCCCCCOC(=O)C(=Cc1ccccc1)OC. The van der Waals surface area contributed by atoms with Crippen molar-refractivity contribution in [3.63, 3.8) is 0 Å². The normalized spacial score (nSPS) is 11.0. The highest BCUT2D eigenvalue weighted by molar-refractivity contribution is 5.91. The Morgan fingerprint density at radius 3 is 2.13 bits per heavy atom. The number of methoxy groups -OCH3 is 1. The van der Waals surface area contributed by atoms with E-state index in [0.717, 1.165) is 31.2 Å². The summed E-state index contributed by atoms with van der Waals surface area (Å²) in [5, 5.41) is 8.18. The van der Waals surface area contributed by atoms with Crippen LogP contribution in [0.3, 0.4) is 0 Å². The van der Waals surface area contributed by atoms with Crippen LogP contribution >= 0.6 is 0 Å². The molecule has 0 fully saturated rings. The number of benzene rings is 1. The van der Waals surface area contributed by atoms with Crippen LogP contribution in [0.1, 0.15) is 83.6 Å². The van der Waals surface area contributed by atoms with Crippen LogP contribution in [0.15, 0.2) is 48.2 Å². The van der Waals surface area contributed by atoms with Gasteiger partial charge >= 0.3 is 11.9 Å². The molecular formula is C26H40O5. The fourth-order valence-electron chi connectivity index (χ4n) is 2.72. The quantitative estimate of drug-likeness (QED) is 0.143. The fourth-order valence-corrected chi connectivity index (χ4v) is 2.72. The lowest BCUT2D eigenvalue weighted by Gasteiger charge is -2.07. The number of aliphatic carboxylic acids is 1. The van der Waals surface area contributed by atoms with Crippen molar-refractivity contribution in [2.24, 2.45) is 0 Å². The van der Waals surface area contributed by atoms with Crippen LogP contribution < -0.4 is 0 Å². The van der Waals surface area contributed by atoms with Crippen LogP contribution in [-0.2, 0) is 19.1 Å². The second kappa shape index (κ2) is 20.7. The van der Waals surface area contributed by atoms with Gasteiger partial charge in [-0.2, -0.15) is 0 Å². The predicted octanol–water partition coefficient (Wildman–Crippen LogP) is 6.79. The van der Waals surface area contributed by atoms with Crippen molar-refractivity contribution in [3.05, 3.63) is 53.8 Å². The molecule has 5 nitrogen and oxygen atoms in total. The standard InChI is InChI=1S/C18H26O3.C8H14O2/c1-3-4-5-6-7-11-14-21-18(19)17(20-2)15-16-12-9-8-10-13-16;1-2-3-4-5-6-7-8(9)10/h8-10,12-13,15H,3-7,11,14H2,1-2H3;6-7H,2-5H2,1H3,(H,9,10). The summed E-state index contributed by atoms with van der Waals surface area (Å²) in [5.41, 5.74) is 0.922. The van der Waals surface area contributed by atoms with Crippen LogP contribution in [-0.4, -0.2) is 30.8 Å². The van der Waals surface area contributed by atoms with Crippen molar-refractivity contribution in [2.45, 2.75) is 78.1 Å². The second-order valence-corrected chi connectivity index (χ2v) is 7.26. The van der Waals surface area contributed by atoms with E-state index in [9.17, 15) is 9.59 Å². The summed E-state index contributed by atoms with van der Waals surface area (Å²) < 4.78 is 10.4. The van der Waals surface area contributed by atoms with Crippen LogP contribution in [0.2, 0.25) is 0 Å². The Hall–Kier alpha value is -2.56. The molecule has 0 atom stereocenters. The number of esters is 1. The first-order valence-corrected chi connectivity index (χ1v) is 11.4. The average molecular weight is 433 g/mol. The first-order chi connectivity index (χ1) is 15.0. The molecule has 0 aromatic heterocycles. The summed E-state index contributed by atoms with van der Waals surface area (Å²) in [6.45, 7) is 4.79. The number of unbranched alkanes of at least 4 members (excludes halogenated alkanes) is 8. The molecule has 0 spiro atoms. The molecule has 0 saturated carbocycles. The zero-order valence-corrected chi connectivity index (χ0v) is 19.5. The number of hydrogen-bond acceptors (Lipinski definition) is 4. The molecule has 0 amide bonds. The van der Waals surface area contributed by atoms with E-state index in [1.165, 1.54) is 51.7 Å². The number of carbonyl (C=O) groups is 2. The molecule has 174 valence electrons. The number of allylic oxidation sites excluding steroid dienone is 1. The smallest absolute Gasteiger partial charge is 0.373 e. The number of rotatable bonds is 15. The van der Waals surface area contributed by atoms with Crippen molar-refractivity contribution >= 4 is 18.0 Å². The maximum absolute atomic E-state index is 11.9. The van der Waals surface area contributed by atoms with Gasteiger partial charge in [0.2, 0.25) is 5.76 Å². The lowest BCUT2D eigenvalue weighted by atomic mass is 10.1. The minimum atomic E-state index is -0.850. The second-order valence-electron chi connectivity index (χ2n) is 7.26.